The number of hydrogen-bond acceptors (Lipinski definition) is 8. The molecule has 0 saturated carbocycles. The standard InChI is InChI=1S/2C21H24O4P.2ClH.2Pd/c2*1-20(2,3)14-11-12-18(16(13-14)21(4,5)6)24-26-23-17-10-8-7-9-15(17)19(22)25-26;;;;/h2*7-11,13H,1-6H3;2*1H;;/q2*-1;;;2*+2/p-2. The molecule has 56 heavy (non-hydrogen) atoms. The van der Waals surface area contributed by atoms with E-state index in [0.717, 1.165) is 11.1 Å². The molecular formula is C42H48Cl2O8P2Pd2. The third-order valence-electron chi connectivity index (χ3n) is 8.36. The van der Waals surface area contributed by atoms with E-state index in [0.29, 0.717) is 34.1 Å². The molecule has 0 amide bonds. The van der Waals surface area contributed by atoms with E-state index in [1.54, 1.807) is 36.4 Å². The summed E-state index contributed by atoms with van der Waals surface area (Å²) in [4.78, 5) is 24.4. The molecule has 2 heterocycles. The van der Waals surface area contributed by atoms with Gasteiger partial charge in [0, 0.05) is 11.5 Å². The first-order valence-electron chi connectivity index (χ1n) is 17.4. The van der Waals surface area contributed by atoms with Crippen molar-refractivity contribution in [3.63, 3.8) is 0 Å². The van der Waals surface area contributed by atoms with E-state index < -0.39 is 29.1 Å². The third-order valence-corrected chi connectivity index (χ3v) is 10.3. The summed E-state index contributed by atoms with van der Waals surface area (Å²) in [7, 11) is 5.27. The Bertz CT molecular complexity index is 1830. The van der Waals surface area contributed by atoms with E-state index >= 15 is 0 Å². The van der Waals surface area contributed by atoms with Gasteiger partial charge in [0.2, 0.25) is 0 Å². The van der Waals surface area contributed by atoms with Crippen LogP contribution >= 0.6 is 36.3 Å². The molecule has 8 nitrogen and oxygen atoms in total. The average molecular weight is 1030 g/mol. The minimum absolute atomic E-state index is 0.00705. The van der Waals surface area contributed by atoms with Crippen LogP contribution in [0, 0.1) is 12.1 Å². The van der Waals surface area contributed by atoms with Crippen LogP contribution < -0.4 is 18.1 Å². The quantitative estimate of drug-likeness (QED) is 0.113. The molecule has 0 aliphatic carbocycles. The van der Waals surface area contributed by atoms with Crippen LogP contribution in [-0.2, 0) is 67.1 Å². The summed E-state index contributed by atoms with van der Waals surface area (Å²) in [6.45, 7) is 25.7. The summed E-state index contributed by atoms with van der Waals surface area (Å²) in [5.74, 6) is 1.23. The molecule has 4 aromatic carbocycles. The SMILES string of the molecule is CC(C)(C)c1c[c-]c(OP2OC(=O)c3ccccc3O2)c(C(C)(C)C)c1.CC(C)(C)c1c[c-]c(OP2OC(=O)c3ccccc3O2)c(C(C)(C)C)c1.[Cl][Pd+].[Cl][Pd+]. The van der Waals surface area contributed by atoms with Gasteiger partial charge in [0.1, 0.15) is 22.6 Å². The van der Waals surface area contributed by atoms with Gasteiger partial charge < -0.3 is 27.1 Å². The zero-order chi connectivity index (χ0) is 42.2. The van der Waals surface area contributed by atoms with Crippen LogP contribution in [-0.4, -0.2) is 11.9 Å². The molecular weight excluding hydrogens is 978 g/mol. The van der Waals surface area contributed by atoms with Crippen LogP contribution in [0.5, 0.6) is 23.0 Å². The fourth-order valence-corrected chi connectivity index (χ4v) is 7.11. The number of hydrogen-bond donors (Lipinski definition) is 0. The van der Waals surface area contributed by atoms with Gasteiger partial charge in [-0.3, -0.25) is 0 Å². The van der Waals surface area contributed by atoms with Gasteiger partial charge in [-0.25, -0.2) is 9.59 Å². The first-order valence-corrected chi connectivity index (χ1v) is 23.6. The fraction of sp³-hybridized carbons (Fsp3) is 0.381. The molecule has 2 unspecified atom stereocenters. The van der Waals surface area contributed by atoms with Crippen molar-refractivity contribution in [2.45, 2.75) is 105 Å². The van der Waals surface area contributed by atoms with Gasteiger partial charge in [-0.05, 0) is 24.3 Å². The molecule has 0 bridgehead atoms. The molecule has 0 saturated heterocycles. The van der Waals surface area contributed by atoms with Crippen molar-refractivity contribution in [3.8, 4) is 23.0 Å². The summed E-state index contributed by atoms with van der Waals surface area (Å²) in [5, 5.41) is 0. The van der Waals surface area contributed by atoms with Gasteiger partial charge >= 0.3 is 84.6 Å². The number of fused-ring (bicyclic) bond motifs is 2. The molecule has 0 aromatic heterocycles. The van der Waals surface area contributed by atoms with Crippen molar-refractivity contribution >= 4 is 48.2 Å². The van der Waals surface area contributed by atoms with Crippen molar-refractivity contribution in [1.82, 2.24) is 0 Å². The molecule has 0 fully saturated rings. The molecule has 308 valence electrons. The van der Waals surface area contributed by atoms with Crippen molar-refractivity contribution in [2.24, 2.45) is 0 Å². The molecule has 2 aliphatic heterocycles. The average Bonchev–Trinajstić information content (AvgIpc) is 3.12. The van der Waals surface area contributed by atoms with Crippen molar-refractivity contribution in [1.29, 1.82) is 0 Å². The van der Waals surface area contributed by atoms with Gasteiger partial charge in [0.15, 0.2) is 0 Å². The molecule has 0 radical (unpaired) electrons. The van der Waals surface area contributed by atoms with Gasteiger partial charge in [-0.15, -0.1) is 23.3 Å². The number of benzene rings is 4. The molecule has 0 N–H and O–H groups in total. The Morgan fingerprint density at radius 2 is 0.839 bits per heavy atom. The second kappa shape index (κ2) is 20.2. The maximum atomic E-state index is 12.2. The monoisotopic (exact) mass is 1020 g/mol. The minimum atomic E-state index is -1.86. The van der Waals surface area contributed by atoms with E-state index in [9.17, 15) is 9.59 Å². The Hall–Kier alpha value is -2.22. The summed E-state index contributed by atoms with van der Waals surface area (Å²) in [5.41, 5.74) is 4.90. The summed E-state index contributed by atoms with van der Waals surface area (Å²) in [6.07, 6.45) is 0. The predicted octanol–water partition coefficient (Wildman–Crippen LogP) is 13.2. The van der Waals surface area contributed by atoms with Gasteiger partial charge in [-0.2, -0.15) is 35.4 Å². The fourth-order valence-electron chi connectivity index (χ4n) is 5.18. The second-order valence-corrected chi connectivity index (χ2v) is 18.8. The normalized spacial score (nSPS) is 16.2. The molecule has 4 aromatic rings. The Labute approximate surface area is 364 Å². The van der Waals surface area contributed by atoms with Crippen LogP contribution in [0.4, 0.5) is 0 Å². The van der Waals surface area contributed by atoms with Crippen LogP contribution in [0.3, 0.4) is 0 Å². The molecule has 2 aliphatic rings. The van der Waals surface area contributed by atoms with Crippen LogP contribution in [0.2, 0.25) is 0 Å². The first-order chi connectivity index (χ1) is 26.1. The topological polar surface area (TPSA) is 89.5 Å². The van der Waals surface area contributed by atoms with Gasteiger partial charge in [0.25, 0.3) is 0 Å². The number of carbonyl (C=O) groups excluding carboxylic acids is 2. The molecule has 6 rings (SSSR count). The maximum absolute atomic E-state index is 12.2. The Balaban J connectivity index is 0.000000276. The van der Waals surface area contributed by atoms with Crippen molar-refractivity contribution in [3.05, 3.63) is 118 Å². The zero-order valence-corrected chi connectivity index (χ0v) is 39.9. The van der Waals surface area contributed by atoms with Gasteiger partial charge in [-0.1, -0.05) is 129 Å². The predicted molar refractivity (Wildman–Crippen MR) is 217 cm³/mol. The Morgan fingerprint density at radius 1 is 0.518 bits per heavy atom. The van der Waals surface area contributed by atoms with E-state index in [4.69, 9.17) is 27.1 Å². The van der Waals surface area contributed by atoms with Crippen molar-refractivity contribution in [2.75, 3.05) is 0 Å². The number of para-hydroxylation sites is 2. The van der Waals surface area contributed by atoms with E-state index in [2.05, 4.69) is 163 Å². The molecule has 14 heteroatoms. The second-order valence-electron chi connectivity index (χ2n) is 16.8. The third kappa shape index (κ3) is 12.9. The summed E-state index contributed by atoms with van der Waals surface area (Å²) >= 11 is 4.44. The summed E-state index contributed by atoms with van der Waals surface area (Å²) in [6, 6.07) is 28.6. The summed E-state index contributed by atoms with van der Waals surface area (Å²) < 4.78 is 34.1. The number of halogens is 2. The first kappa shape index (κ1) is 48.2. The van der Waals surface area contributed by atoms with Crippen LogP contribution in [0.1, 0.15) is 126 Å². The molecule has 2 atom stereocenters. The van der Waals surface area contributed by atoms with E-state index in [-0.39, 0.29) is 21.7 Å². The van der Waals surface area contributed by atoms with Crippen LogP contribution in [0.15, 0.2) is 72.8 Å². The number of rotatable bonds is 4. The van der Waals surface area contributed by atoms with Gasteiger partial charge in [0.05, 0.1) is 0 Å². The van der Waals surface area contributed by atoms with Crippen LogP contribution in [0.25, 0.3) is 0 Å². The Morgan fingerprint density at radius 3 is 1.14 bits per heavy atom. The Kier molecular flexibility index (Phi) is 17.3. The zero-order valence-electron chi connectivity index (χ0n) is 33.5. The molecule has 0 spiro atoms. The van der Waals surface area contributed by atoms with E-state index in [1.165, 1.54) is 11.1 Å². The van der Waals surface area contributed by atoms with E-state index in [1.807, 2.05) is 24.3 Å². The number of carbonyl (C=O) groups is 2. The van der Waals surface area contributed by atoms with Crippen molar-refractivity contribution < 1.29 is 73.1 Å².